The first-order valence-electron chi connectivity index (χ1n) is 19.3. The minimum atomic E-state index is -5.04. The number of amides is 2. The van der Waals surface area contributed by atoms with E-state index in [0.29, 0.717) is 67.5 Å². The molecule has 2 atom stereocenters. The smallest absolute Gasteiger partial charge is 0.388 e. The van der Waals surface area contributed by atoms with Gasteiger partial charge in [0.05, 0.1) is 34.3 Å². The Balaban J connectivity index is 0.000000241. The molecule has 2 unspecified atom stereocenters. The largest absolute Gasteiger partial charge is 0.416 e. The highest BCUT2D eigenvalue weighted by atomic mass is 19.4. The summed E-state index contributed by atoms with van der Waals surface area (Å²) in [5.41, 5.74) is -3.04. The third kappa shape index (κ3) is 12.5. The van der Waals surface area contributed by atoms with Crippen LogP contribution in [0.4, 0.5) is 52.7 Å². The number of hydrogen-bond donors (Lipinski definition) is 3. The number of carbonyl (C=O) groups is 4. The van der Waals surface area contributed by atoms with Crippen LogP contribution >= 0.6 is 0 Å². The molecule has 4 aromatic carbocycles. The quantitative estimate of drug-likeness (QED) is 0.108. The molecular weight excluding hydrogens is 876 g/mol. The van der Waals surface area contributed by atoms with Gasteiger partial charge in [-0.3, -0.25) is 19.2 Å². The lowest BCUT2D eigenvalue weighted by Gasteiger charge is -2.17. The summed E-state index contributed by atoms with van der Waals surface area (Å²) in [6.45, 7) is 1.12. The number of rotatable bonds is 10. The van der Waals surface area contributed by atoms with Gasteiger partial charge in [0, 0.05) is 17.5 Å². The van der Waals surface area contributed by atoms with Gasteiger partial charge < -0.3 is 15.7 Å². The van der Waals surface area contributed by atoms with Gasteiger partial charge >= 0.3 is 24.7 Å². The van der Waals surface area contributed by atoms with E-state index in [1.54, 1.807) is 43.3 Å². The summed E-state index contributed by atoms with van der Waals surface area (Å²) in [7, 11) is 0. The summed E-state index contributed by atoms with van der Waals surface area (Å²) in [5.74, 6) is -2.57. The van der Waals surface area contributed by atoms with E-state index >= 15 is 0 Å². The van der Waals surface area contributed by atoms with Crippen molar-refractivity contribution in [2.24, 2.45) is 0 Å². The number of fused-ring (bicyclic) bond motifs is 2. The van der Waals surface area contributed by atoms with Gasteiger partial charge in [0.25, 0.3) is 11.8 Å². The Labute approximate surface area is 356 Å². The minimum Gasteiger partial charge on any atom is -0.388 e. The number of aliphatic hydroxyl groups excluding tert-OH is 1. The molecule has 2 aliphatic rings. The topological polar surface area (TPSA) is 113 Å². The van der Waals surface area contributed by atoms with Crippen molar-refractivity contribution in [3.8, 4) is 0 Å². The fraction of sp³-hybridized carbons (Fsp3) is 0.289. The van der Waals surface area contributed by atoms with Gasteiger partial charge in [-0.15, -0.1) is 0 Å². The molecular formula is C45H36F12N2O5. The zero-order valence-corrected chi connectivity index (χ0v) is 33.3. The first-order valence-corrected chi connectivity index (χ1v) is 19.3. The molecule has 0 radical (unpaired) electrons. The van der Waals surface area contributed by atoms with Gasteiger partial charge in [-0.2, -0.15) is 52.7 Å². The van der Waals surface area contributed by atoms with Crippen molar-refractivity contribution >= 4 is 35.5 Å². The Hall–Kier alpha value is -6.24. The van der Waals surface area contributed by atoms with Crippen molar-refractivity contribution in [2.45, 2.75) is 75.8 Å². The summed E-state index contributed by atoms with van der Waals surface area (Å²) < 4.78 is 157. The molecule has 7 nitrogen and oxygen atoms in total. The van der Waals surface area contributed by atoms with Gasteiger partial charge in [0.15, 0.2) is 11.6 Å². The molecule has 0 saturated carbocycles. The van der Waals surface area contributed by atoms with Crippen LogP contribution in [0.15, 0.2) is 84.9 Å². The summed E-state index contributed by atoms with van der Waals surface area (Å²) in [6.07, 6.45) is -12.0. The average molecular weight is 913 g/mol. The number of ketones is 2. The molecule has 2 amide bonds. The number of allylic oxidation sites excluding steroid dienone is 1. The Kier molecular flexibility index (Phi) is 14.7. The second kappa shape index (κ2) is 19.2. The zero-order chi connectivity index (χ0) is 47.4. The Morgan fingerprint density at radius 2 is 0.891 bits per heavy atom. The predicted octanol–water partition coefficient (Wildman–Crippen LogP) is 10.8. The molecule has 4 aromatic rings. The van der Waals surface area contributed by atoms with Crippen molar-refractivity contribution in [3.63, 3.8) is 0 Å². The van der Waals surface area contributed by atoms with Crippen LogP contribution < -0.4 is 10.6 Å². The van der Waals surface area contributed by atoms with Crippen LogP contribution in [0, 0.1) is 0 Å². The summed E-state index contributed by atoms with van der Waals surface area (Å²) in [5, 5.41) is 13.8. The molecule has 2 aliphatic carbocycles. The molecule has 0 heterocycles. The van der Waals surface area contributed by atoms with Gasteiger partial charge in [-0.1, -0.05) is 55.5 Å². The second-order valence-electron chi connectivity index (χ2n) is 14.7. The predicted molar refractivity (Wildman–Crippen MR) is 208 cm³/mol. The lowest BCUT2D eigenvalue weighted by atomic mass is 10.0. The van der Waals surface area contributed by atoms with Crippen LogP contribution in [-0.2, 0) is 47.1 Å². The first-order chi connectivity index (χ1) is 29.8. The van der Waals surface area contributed by atoms with E-state index in [4.69, 9.17) is 5.11 Å². The first kappa shape index (κ1) is 48.8. The molecule has 6 rings (SSSR count). The fourth-order valence-corrected chi connectivity index (χ4v) is 6.99. The van der Waals surface area contributed by atoms with Crippen molar-refractivity contribution < 1.29 is 77.0 Å². The lowest BCUT2D eigenvalue weighted by molar-refractivity contribution is -0.144. The average Bonchev–Trinajstić information content (AvgIpc) is 3.82. The van der Waals surface area contributed by atoms with Crippen LogP contribution in [0.2, 0.25) is 0 Å². The highest BCUT2D eigenvalue weighted by molar-refractivity contribution is 5.96. The number of aryl methyl sites for hydroxylation is 2. The normalized spacial score (nSPS) is 16.3. The number of halogens is 12. The highest BCUT2D eigenvalue weighted by Gasteiger charge is 2.39. The maximum Gasteiger partial charge on any atom is 0.416 e. The number of carbonyl (C=O) groups excluding carboxylic acids is 4. The van der Waals surface area contributed by atoms with E-state index in [9.17, 15) is 71.9 Å². The van der Waals surface area contributed by atoms with E-state index in [1.807, 2.05) is 6.07 Å². The van der Waals surface area contributed by atoms with Crippen LogP contribution in [0.1, 0.15) is 115 Å². The van der Waals surface area contributed by atoms with Crippen molar-refractivity contribution in [1.82, 2.24) is 10.6 Å². The molecule has 0 aliphatic heterocycles. The SMILES string of the molecule is CCC(=O)/C=C/c1ccc2c(c1)CCC2NC(=O)c1cc(C(F)(F)F)cc(C(F)(F)F)c1.O=C(/C=C/c1ccc2c(c1)CCC2NC(=O)c1cc(C(F)(F)F)cc(C(F)(F)F)c1)CO. The van der Waals surface area contributed by atoms with Gasteiger partial charge in [0.2, 0.25) is 0 Å². The van der Waals surface area contributed by atoms with E-state index in [1.165, 1.54) is 18.2 Å². The molecule has 19 heteroatoms. The zero-order valence-electron chi connectivity index (χ0n) is 33.3. The van der Waals surface area contributed by atoms with Crippen LogP contribution in [0.5, 0.6) is 0 Å². The Morgan fingerprint density at radius 1 is 0.547 bits per heavy atom. The lowest BCUT2D eigenvalue weighted by Crippen LogP contribution is -2.28. The molecule has 64 heavy (non-hydrogen) atoms. The number of aliphatic hydroxyl groups is 1. The molecule has 0 bridgehead atoms. The molecule has 3 N–H and O–H groups in total. The Bertz CT molecular complexity index is 2250. The molecule has 0 saturated heterocycles. The maximum atomic E-state index is 13.0. The van der Waals surface area contributed by atoms with E-state index in [-0.39, 0.29) is 17.9 Å². The van der Waals surface area contributed by atoms with E-state index < -0.39 is 94.4 Å². The van der Waals surface area contributed by atoms with Crippen molar-refractivity contribution in [1.29, 1.82) is 0 Å². The second-order valence-corrected chi connectivity index (χ2v) is 14.7. The fourth-order valence-electron chi connectivity index (χ4n) is 6.99. The standard InChI is InChI=1S/C23H19F6NO2.C22H17F6NO3/c1-2-18(31)6-3-13-4-7-19-14(9-13)5-8-20(19)30-21(32)15-10-16(22(24,25)26)12-17(11-15)23(27,28)29;23-21(24,25)15-8-14(9-16(10-15)22(26,27)28)20(32)29-19-6-3-13-7-12(2-5-18(13)19)1-4-17(31)11-30/h3-4,6-7,9-12,20H,2,5,8H2,1H3,(H,30,32);1-2,4-5,7-10,19,30H,3,6,11H2,(H,29,32)/b6-3+;4-1+. The van der Waals surface area contributed by atoms with Crippen molar-refractivity contribution in [3.05, 3.63) is 152 Å². The summed E-state index contributed by atoms with van der Waals surface area (Å²) >= 11 is 0. The van der Waals surface area contributed by atoms with Gasteiger partial charge in [0.1, 0.15) is 6.61 Å². The van der Waals surface area contributed by atoms with Crippen molar-refractivity contribution in [2.75, 3.05) is 6.61 Å². The number of nitrogens with one attached hydrogen (secondary N) is 2. The minimum absolute atomic E-state index is 0.0139. The maximum absolute atomic E-state index is 13.0. The third-order valence-electron chi connectivity index (χ3n) is 10.2. The van der Waals surface area contributed by atoms with Gasteiger partial charge in [-0.05, 0) is 108 Å². The van der Waals surface area contributed by atoms with Crippen LogP contribution in [-0.4, -0.2) is 35.1 Å². The third-order valence-corrected chi connectivity index (χ3v) is 10.2. The molecule has 340 valence electrons. The highest BCUT2D eigenvalue weighted by Crippen LogP contribution is 2.39. The number of alkyl halides is 12. The van der Waals surface area contributed by atoms with Crippen LogP contribution in [0.3, 0.4) is 0 Å². The van der Waals surface area contributed by atoms with Crippen LogP contribution in [0.25, 0.3) is 12.2 Å². The summed E-state index contributed by atoms with van der Waals surface area (Å²) in [4.78, 5) is 47.7. The van der Waals surface area contributed by atoms with E-state index in [2.05, 4.69) is 10.6 Å². The monoisotopic (exact) mass is 912 g/mol. The number of benzene rings is 4. The molecule has 0 aromatic heterocycles. The summed E-state index contributed by atoms with van der Waals surface area (Å²) in [6, 6.07) is 10.8. The molecule has 0 fully saturated rings. The van der Waals surface area contributed by atoms with E-state index in [0.717, 1.165) is 22.3 Å². The molecule has 0 spiro atoms. The van der Waals surface area contributed by atoms with Gasteiger partial charge in [-0.25, -0.2) is 0 Å². The number of hydrogen-bond acceptors (Lipinski definition) is 5. The Morgan fingerprint density at radius 3 is 1.20 bits per heavy atom.